The zero-order valence-electron chi connectivity index (χ0n) is 9.32. The van der Waals surface area contributed by atoms with Gasteiger partial charge >= 0.3 is 0 Å². The van der Waals surface area contributed by atoms with Gasteiger partial charge < -0.3 is 5.11 Å². The summed E-state index contributed by atoms with van der Waals surface area (Å²) in [5, 5.41) is 8.98. The highest BCUT2D eigenvalue weighted by Gasteiger charge is 2.19. The Balaban J connectivity index is 2.13. The van der Waals surface area contributed by atoms with Crippen molar-refractivity contribution in [3.63, 3.8) is 0 Å². The lowest BCUT2D eigenvalue weighted by atomic mass is 9.95. The maximum atomic E-state index is 8.98. The first-order valence-corrected chi connectivity index (χ1v) is 5.71. The van der Waals surface area contributed by atoms with Crippen LogP contribution >= 0.6 is 0 Å². The average Bonchev–Trinajstić information content (AvgIpc) is 2.30. The van der Waals surface area contributed by atoms with Crippen LogP contribution in [0.1, 0.15) is 36.4 Å². The quantitative estimate of drug-likeness (QED) is 0.801. The molecular weight excluding hydrogens is 186 g/mol. The number of hydrogen-bond acceptors (Lipinski definition) is 2. The van der Waals surface area contributed by atoms with Gasteiger partial charge in [-0.2, -0.15) is 0 Å². The number of likely N-dealkylation sites (tertiary alicyclic amines) is 1. The number of benzene rings is 1. The molecule has 1 fully saturated rings. The molecule has 0 saturated carbocycles. The van der Waals surface area contributed by atoms with Gasteiger partial charge in [-0.3, -0.25) is 4.90 Å². The molecule has 1 atom stereocenters. The van der Waals surface area contributed by atoms with E-state index in [-0.39, 0.29) is 6.61 Å². The molecule has 1 aliphatic heterocycles. The van der Waals surface area contributed by atoms with Gasteiger partial charge in [0.15, 0.2) is 0 Å². The molecular formula is C13H19NO. The highest BCUT2D eigenvalue weighted by molar-refractivity contribution is 5.24. The van der Waals surface area contributed by atoms with Crippen LogP contribution in [-0.2, 0) is 6.61 Å². The van der Waals surface area contributed by atoms with Crippen molar-refractivity contribution in [1.82, 2.24) is 4.90 Å². The summed E-state index contributed by atoms with van der Waals surface area (Å²) in [6, 6.07) is 8.93. The summed E-state index contributed by atoms with van der Waals surface area (Å²) in [7, 11) is 2.20. The smallest absolute Gasteiger partial charge is 0.0681 e. The second-order valence-electron chi connectivity index (χ2n) is 4.39. The number of rotatable bonds is 2. The molecule has 0 radical (unpaired) electrons. The molecule has 1 aromatic rings. The monoisotopic (exact) mass is 205 g/mol. The molecule has 1 aromatic carbocycles. The summed E-state index contributed by atoms with van der Waals surface area (Å²) in [6.07, 6.45) is 3.91. The molecule has 2 rings (SSSR count). The van der Waals surface area contributed by atoms with Crippen LogP contribution in [0, 0.1) is 0 Å². The number of piperidine rings is 1. The number of aliphatic hydroxyl groups is 1. The summed E-state index contributed by atoms with van der Waals surface area (Å²) in [6.45, 7) is 1.34. The van der Waals surface area contributed by atoms with E-state index in [1.807, 2.05) is 12.1 Å². The predicted molar refractivity (Wildman–Crippen MR) is 61.6 cm³/mol. The minimum atomic E-state index is 0.140. The first-order chi connectivity index (χ1) is 7.31. The van der Waals surface area contributed by atoms with E-state index in [2.05, 4.69) is 24.1 Å². The molecule has 82 valence electrons. The molecule has 1 heterocycles. The highest BCUT2D eigenvalue weighted by Crippen LogP contribution is 2.29. The van der Waals surface area contributed by atoms with Crippen LogP contribution in [0.4, 0.5) is 0 Å². The second-order valence-corrected chi connectivity index (χ2v) is 4.39. The highest BCUT2D eigenvalue weighted by atomic mass is 16.3. The Hall–Kier alpha value is -0.860. The van der Waals surface area contributed by atoms with Crippen LogP contribution in [-0.4, -0.2) is 23.6 Å². The summed E-state index contributed by atoms with van der Waals surface area (Å²) >= 11 is 0. The Morgan fingerprint density at radius 3 is 2.60 bits per heavy atom. The Bertz CT molecular complexity index is 307. The fourth-order valence-corrected chi connectivity index (χ4v) is 2.34. The van der Waals surface area contributed by atoms with E-state index in [1.54, 1.807) is 0 Å². The topological polar surface area (TPSA) is 23.5 Å². The van der Waals surface area contributed by atoms with Crippen molar-refractivity contribution in [3.05, 3.63) is 35.4 Å². The second kappa shape index (κ2) is 4.77. The Kier molecular flexibility index (Phi) is 3.39. The van der Waals surface area contributed by atoms with Crippen LogP contribution in [0.5, 0.6) is 0 Å². The van der Waals surface area contributed by atoms with Crippen LogP contribution in [0.2, 0.25) is 0 Å². The van der Waals surface area contributed by atoms with E-state index in [9.17, 15) is 0 Å². The molecule has 1 unspecified atom stereocenters. The molecule has 0 bridgehead atoms. The van der Waals surface area contributed by atoms with Gasteiger partial charge in [-0.25, -0.2) is 0 Å². The molecule has 2 heteroatoms. The molecule has 0 spiro atoms. The number of nitrogens with zero attached hydrogens (tertiary/aromatic N) is 1. The van der Waals surface area contributed by atoms with Crippen LogP contribution < -0.4 is 0 Å². The fourth-order valence-electron chi connectivity index (χ4n) is 2.34. The number of aliphatic hydroxyl groups excluding tert-OH is 1. The van der Waals surface area contributed by atoms with E-state index in [0.717, 1.165) is 5.56 Å². The Labute approximate surface area is 91.5 Å². The number of hydrogen-bond donors (Lipinski definition) is 1. The van der Waals surface area contributed by atoms with Gasteiger partial charge in [-0.05, 0) is 37.6 Å². The zero-order valence-corrected chi connectivity index (χ0v) is 9.32. The van der Waals surface area contributed by atoms with Crippen molar-refractivity contribution < 1.29 is 5.11 Å². The van der Waals surface area contributed by atoms with Crippen molar-refractivity contribution in [2.45, 2.75) is 31.9 Å². The molecule has 1 aliphatic rings. The molecule has 0 amide bonds. The van der Waals surface area contributed by atoms with E-state index in [0.29, 0.717) is 6.04 Å². The molecule has 15 heavy (non-hydrogen) atoms. The molecule has 0 aromatic heterocycles. The molecule has 1 saturated heterocycles. The normalized spacial score (nSPS) is 22.9. The maximum absolute atomic E-state index is 8.98. The third-order valence-electron chi connectivity index (χ3n) is 3.32. The van der Waals surface area contributed by atoms with E-state index in [4.69, 9.17) is 5.11 Å². The lowest BCUT2D eigenvalue weighted by Crippen LogP contribution is -2.29. The van der Waals surface area contributed by atoms with Gasteiger partial charge in [-0.1, -0.05) is 30.7 Å². The molecule has 1 N–H and O–H groups in total. The third-order valence-corrected chi connectivity index (χ3v) is 3.32. The predicted octanol–water partition coefficient (Wildman–Crippen LogP) is 2.34. The zero-order chi connectivity index (χ0) is 10.7. The van der Waals surface area contributed by atoms with Gasteiger partial charge in [0, 0.05) is 6.04 Å². The third kappa shape index (κ3) is 2.39. The minimum Gasteiger partial charge on any atom is -0.392 e. The van der Waals surface area contributed by atoms with Gasteiger partial charge in [0.2, 0.25) is 0 Å². The molecule has 2 nitrogen and oxygen atoms in total. The summed E-state index contributed by atoms with van der Waals surface area (Å²) in [4.78, 5) is 2.43. The first-order valence-electron chi connectivity index (χ1n) is 5.71. The lowest BCUT2D eigenvalue weighted by molar-refractivity contribution is 0.187. The SMILES string of the molecule is CN1CCCCC1c1ccc(CO)cc1. The Morgan fingerprint density at radius 1 is 1.27 bits per heavy atom. The standard InChI is InChI=1S/C13H19NO/c1-14-9-3-2-4-13(14)12-7-5-11(10-15)6-8-12/h5-8,13,15H,2-4,9-10H2,1H3. The van der Waals surface area contributed by atoms with Crippen molar-refractivity contribution in [2.75, 3.05) is 13.6 Å². The van der Waals surface area contributed by atoms with Gasteiger partial charge in [0.1, 0.15) is 0 Å². The van der Waals surface area contributed by atoms with Crippen molar-refractivity contribution in [1.29, 1.82) is 0 Å². The largest absolute Gasteiger partial charge is 0.392 e. The van der Waals surface area contributed by atoms with Crippen LogP contribution in [0.25, 0.3) is 0 Å². The summed E-state index contributed by atoms with van der Waals surface area (Å²) in [5.41, 5.74) is 2.38. The fraction of sp³-hybridized carbons (Fsp3) is 0.538. The van der Waals surface area contributed by atoms with E-state index in [1.165, 1.54) is 31.4 Å². The minimum absolute atomic E-state index is 0.140. The molecule has 0 aliphatic carbocycles. The van der Waals surface area contributed by atoms with E-state index >= 15 is 0 Å². The van der Waals surface area contributed by atoms with Crippen molar-refractivity contribution in [2.24, 2.45) is 0 Å². The average molecular weight is 205 g/mol. The Morgan fingerprint density at radius 2 is 2.00 bits per heavy atom. The van der Waals surface area contributed by atoms with Crippen LogP contribution in [0.15, 0.2) is 24.3 Å². The van der Waals surface area contributed by atoms with Crippen LogP contribution in [0.3, 0.4) is 0 Å². The van der Waals surface area contributed by atoms with Gasteiger partial charge in [0.25, 0.3) is 0 Å². The van der Waals surface area contributed by atoms with Gasteiger partial charge in [0.05, 0.1) is 6.61 Å². The lowest BCUT2D eigenvalue weighted by Gasteiger charge is -2.32. The van der Waals surface area contributed by atoms with E-state index < -0.39 is 0 Å². The van der Waals surface area contributed by atoms with Crippen molar-refractivity contribution in [3.8, 4) is 0 Å². The maximum Gasteiger partial charge on any atom is 0.0681 e. The van der Waals surface area contributed by atoms with Crippen molar-refractivity contribution >= 4 is 0 Å². The van der Waals surface area contributed by atoms with Gasteiger partial charge in [-0.15, -0.1) is 0 Å². The first kappa shape index (κ1) is 10.7. The summed E-state index contributed by atoms with van der Waals surface area (Å²) < 4.78 is 0. The summed E-state index contributed by atoms with van der Waals surface area (Å²) in [5.74, 6) is 0.